The van der Waals surface area contributed by atoms with Gasteiger partial charge in [-0.1, -0.05) is 5.16 Å². The molecule has 0 aliphatic carbocycles. The molecule has 20 heavy (non-hydrogen) atoms. The summed E-state index contributed by atoms with van der Waals surface area (Å²) in [5.74, 6) is 1.94. The lowest BCUT2D eigenvalue weighted by molar-refractivity contribution is 0.130. The third-order valence-electron chi connectivity index (χ3n) is 3.75. The lowest BCUT2D eigenvalue weighted by Crippen LogP contribution is -2.35. The zero-order valence-electron chi connectivity index (χ0n) is 11.4. The van der Waals surface area contributed by atoms with Crippen molar-refractivity contribution in [2.75, 3.05) is 19.7 Å². The van der Waals surface area contributed by atoms with E-state index >= 15 is 0 Å². The summed E-state index contributed by atoms with van der Waals surface area (Å²) in [5.41, 5.74) is 1.02. The summed E-state index contributed by atoms with van der Waals surface area (Å²) in [6.07, 6.45) is 3.28. The van der Waals surface area contributed by atoms with Crippen molar-refractivity contribution >= 4 is 11.3 Å². The molecular weight excluding hydrogens is 274 g/mol. The van der Waals surface area contributed by atoms with Gasteiger partial charge in [0.05, 0.1) is 6.54 Å². The number of piperidine rings is 1. The minimum Gasteiger partial charge on any atom is -0.396 e. The Labute approximate surface area is 122 Å². The van der Waals surface area contributed by atoms with Gasteiger partial charge in [0.25, 0.3) is 0 Å². The number of rotatable bonds is 5. The van der Waals surface area contributed by atoms with Crippen LogP contribution in [0.3, 0.4) is 0 Å². The molecule has 108 valence electrons. The SMILES string of the molecule is OCCC1CCCN(Cc2nc(-c3ccsc3)no2)C1. The number of aliphatic hydroxyl groups excluding tert-OH is 1. The van der Waals surface area contributed by atoms with Gasteiger partial charge in [-0.05, 0) is 43.2 Å². The van der Waals surface area contributed by atoms with Gasteiger partial charge in [0.15, 0.2) is 0 Å². The summed E-state index contributed by atoms with van der Waals surface area (Å²) < 4.78 is 5.34. The molecule has 1 unspecified atom stereocenters. The standard InChI is InChI=1S/C14H19N3O2S/c18-6-3-11-2-1-5-17(8-11)9-13-15-14(16-19-13)12-4-7-20-10-12/h4,7,10-11,18H,1-3,5-6,8-9H2. The summed E-state index contributed by atoms with van der Waals surface area (Å²) >= 11 is 1.63. The maximum atomic E-state index is 9.05. The van der Waals surface area contributed by atoms with Crippen LogP contribution in [0.1, 0.15) is 25.2 Å². The number of hydrogen-bond donors (Lipinski definition) is 1. The van der Waals surface area contributed by atoms with Crippen LogP contribution in [0, 0.1) is 5.92 Å². The van der Waals surface area contributed by atoms with Crippen molar-refractivity contribution in [3.8, 4) is 11.4 Å². The van der Waals surface area contributed by atoms with Crippen LogP contribution in [-0.4, -0.2) is 39.8 Å². The van der Waals surface area contributed by atoms with Crippen LogP contribution in [-0.2, 0) is 6.54 Å². The van der Waals surface area contributed by atoms with Crippen molar-refractivity contribution in [3.05, 3.63) is 22.7 Å². The van der Waals surface area contributed by atoms with E-state index in [9.17, 15) is 0 Å². The van der Waals surface area contributed by atoms with Gasteiger partial charge in [-0.3, -0.25) is 4.90 Å². The van der Waals surface area contributed by atoms with Crippen LogP contribution in [0.5, 0.6) is 0 Å². The molecule has 0 saturated carbocycles. The average molecular weight is 293 g/mol. The van der Waals surface area contributed by atoms with Crippen molar-refractivity contribution < 1.29 is 9.63 Å². The van der Waals surface area contributed by atoms with Crippen LogP contribution in [0.2, 0.25) is 0 Å². The monoisotopic (exact) mass is 293 g/mol. The lowest BCUT2D eigenvalue weighted by atomic mass is 9.95. The van der Waals surface area contributed by atoms with E-state index in [2.05, 4.69) is 15.0 Å². The zero-order valence-corrected chi connectivity index (χ0v) is 12.2. The van der Waals surface area contributed by atoms with E-state index in [1.807, 2.05) is 16.8 Å². The smallest absolute Gasteiger partial charge is 0.241 e. The summed E-state index contributed by atoms with van der Waals surface area (Å²) in [5, 5.41) is 17.1. The molecule has 0 radical (unpaired) electrons. The predicted molar refractivity (Wildman–Crippen MR) is 77.3 cm³/mol. The Bertz CT molecular complexity index is 524. The van der Waals surface area contributed by atoms with Crippen molar-refractivity contribution in [3.63, 3.8) is 0 Å². The van der Waals surface area contributed by atoms with Crippen LogP contribution in [0.15, 0.2) is 21.3 Å². The Kier molecular flexibility index (Phi) is 4.44. The Morgan fingerprint density at radius 2 is 2.45 bits per heavy atom. The number of nitrogens with zero attached hydrogens (tertiary/aromatic N) is 3. The molecule has 3 heterocycles. The normalized spacial score (nSPS) is 20.4. The summed E-state index contributed by atoms with van der Waals surface area (Å²) in [4.78, 5) is 6.80. The Hall–Kier alpha value is -1.24. The predicted octanol–water partition coefficient (Wildman–Crippen LogP) is 2.39. The molecule has 0 spiro atoms. The minimum atomic E-state index is 0.279. The first-order chi connectivity index (χ1) is 9.85. The number of likely N-dealkylation sites (tertiary alicyclic amines) is 1. The highest BCUT2D eigenvalue weighted by Crippen LogP contribution is 2.22. The van der Waals surface area contributed by atoms with Crippen molar-refractivity contribution in [1.29, 1.82) is 0 Å². The molecule has 1 N–H and O–H groups in total. The van der Waals surface area contributed by atoms with E-state index in [1.165, 1.54) is 12.8 Å². The fraction of sp³-hybridized carbons (Fsp3) is 0.571. The van der Waals surface area contributed by atoms with Crippen molar-refractivity contribution in [2.24, 2.45) is 5.92 Å². The van der Waals surface area contributed by atoms with Gasteiger partial charge in [-0.15, -0.1) is 0 Å². The van der Waals surface area contributed by atoms with E-state index in [4.69, 9.17) is 9.63 Å². The molecule has 5 nitrogen and oxygen atoms in total. The first-order valence-electron chi connectivity index (χ1n) is 7.03. The molecule has 1 fully saturated rings. The number of aromatic nitrogens is 2. The first-order valence-corrected chi connectivity index (χ1v) is 7.98. The van der Waals surface area contributed by atoms with Gasteiger partial charge in [0.1, 0.15) is 0 Å². The Morgan fingerprint density at radius 3 is 3.25 bits per heavy atom. The number of hydrogen-bond acceptors (Lipinski definition) is 6. The zero-order chi connectivity index (χ0) is 13.8. The van der Waals surface area contributed by atoms with Crippen molar-refractivity contribution in [1.82, 2.24) is 15.0 Å². The van der Waals surface area contributed by atoms with Gasteiger partial charge >= 0.3 is 0 Å². The molecule has 6 heteroatoms. The van der Waals surface area contributed by atoms with Crippen LogP contribution < -0.4 is 0 Å². The van der Waals surface area contributed by atoms with E-state index in [1.54, 1.807) is 11.3 Å². The minimum absolute atomic E-state index is 0.279. The maximum absolute atomic E-state index is 9.05. The van der Waals surface area contributed by atoms with Gasteiger partial charge in [-0.25, -0.2) is 0 Å². The Balaban J connectivity index is 1.60. The quantitative estimate of drug-likeness (QED) is 0.917. The number of aliphatic hydroxyl groups is 1. The van der Waals surface area contributed by atoms with Gasteiger partial charge in [0.2, 0.25) is 11.7 Å². The summed E-state index contributed by atoms with van der Waals surface area (Å²) in [6, 6.07) is 2.00. The van der Waals surface area contributed by atoms with E-state index in [-0.39, 0.29) is 6.61 Å². The highest BCUT2D eigenvalue weighted by atomic mass is 32.1. The highest BCUT2D eigenvalue weighted by molar-refractivity contribution is 7.08. The first kappa shape index (κ1) is 13.7. The van der Waals surface area contributed by atoms with Crippen LogP contribution in [0.4, 0.5) is 0 Å². The molecule has 3 rings (SSSR count). The third kappa shape index (κ3) is 3.26. The summed E-state index contributed by atoms with van der Waals surface area (Å²) in [6.45, 7) is 3.06. The largest absolute Gasteiger partial charge is 0.396 e. The topological polar surface area (TPSA) is 62.4 Å². The molecule has 1 aliphatic rings. The van der Waals surface area contributed by atoms with Gasteiger partial charge in [0, 0.05) is 24.1 Å². The second-order valence-electron chi connectivity index (χ2n) is 5.28. The molecule has 0 aromatic carbocycles. The van der Waals surface area contributed by atoms with Gasteiger partial charge in [-0.2, -0.15) is 16.3 Å². The fourth-order valence-corrected chi connectivity index (χ4v) is 3.37. The second kappa shape index (κ2) is 6.47. The molecule has 0 amide bonds. The van der Waals surface area contributed by atoms with Crippen LogP contribution >= 0.6 is 11.3 Å². The third-order valence-corrected chi connectivity index (χ3v) is 4.43. The maximum Gasteiger partial charge on any atom is 0.241 e. The molecule has 1 saturated heterocycles. The fourth-order valence-electron chi connectivity index (χ4n) is 2.73. The molecule has 2 aromatic rings. The molecule has 2 aromatic heterocycles. The van der Waals surface area contributed by atoms with E-state index in [0.29, 0.717) is 24.2 Å². The molecular formula is C14H19N3O2S. The second-order valence-corrected chi connectivity index (χ2v) is 6.06. The average Bonchev–Trinajstić information content (AvgIpc) is 3.10. The molecule has 1 aliphatic heterocycles. The lowest BCUT2D eigenvalue weighted by Gasteiger charge is -2.31. The summed E-state index contributed by atoms with van der Waals surface area (Å²) in [7, 11) is 0. The molecule has 0 bridgehead atoms. The van der Waals surface area contributed by atoms with Gasteiger partial charge < -0.3 is 9.63 Å². The highest BCUT2D eigenvalue weighted by Gasteiger charge is 2.21. The molecule has 1 atom stereocenters. The number of thiophene rings is 1. The van der Waals surface area contributed by atoms with Crippen molar-refractivity contribution in [2.45, 2.75) is 25.8 Å². The van der Waals surface area contributed by atoms with Crippen LogP contribution in [0.25, 0.3) is 11.4 Å². The van der Waals surface area contributed by atoms with E-state index in [0.717, 1.165) is 25.1 Å². The van der Waals surface area contributed by atoms with E-state index < -0.39 is 0 Å². The Morgan fingerprint density at radius 1 is 1.50 bits per heavy atom.